The Morgan fingerprint density at radius 1 is 1.18 bits per heavy atom. The monoisotopic (exact) mass is 295 g/mol. The van der Waals surface area contributed by atoms with E-state index in [0.717, 1.165) is 16.8 Å². The molecule has 0 radical (unpaired) electrons. The molecule has 2 rings (SSSR count). The van der Waals surface area contributed by atoms with Crippen molar-refractivity contribution in [1.82, 2.24) is 0 Å². The number of rotatable bonds is 2. The Morgan fingerprint density at radius 3 is 2.45 bits per heavy atom. The Kier molecular flexibility index (Phi) is 4.54. The molecule has 1 aliphatic rings. The number of benzene rings is 1. The molecule has 0 unspecified atom stereocenters. The van der Waals surface area contributed by atoms with Crippen LogP contribution in [0.15, 0.2) is 53.1 Å². The molecule has 1 aromatic rings. The molecule has 0 fully saturated rings. The second-order valence-corrected chi connectivity index (χ2v) is 5.51. The molecule has 0 aliphatic heterocycles. The van der Waals surface area contributed by atoms with Gasteiger partial charge in [-0.1, -0.05) is 29.5 Å². The standard InChI is InChI=1S/C18H21N3O/c1-11-9-12(2)17(13(3)10-11)21-18(22)15-6-4-5-14(19)7-8-16(15)20/h4,6,8-10H,7,19-20H2,1-3H3,(H,21,22)/b15-6+,16-8-. The minimum Gasteiger partial charge on any atom is -0.398 e. The molecule has 0 saturated heterocycles. The summed E-state index contributed by atoms with van der Waals surface area (Å²) in [7, 11) is 0. The molecule has 0 saturated carbocycles. The third-order valence-electron chi connectivity index (χ3n) is 3.53. The topological polar surface area (TPSA) is 81.1 Å². The van der Waals surface area contributed by atoms with Crippen LogP contribution < -0.4 is 16.8 Å². The van der Waals surface area contributed by atoms with Gasteiger partial charge in [0, 0.05) is 17.8 Å². The third-order valence-corrected chi connectivity index (χ3v) is 3.53. The molecule has 0 aromatic heterocycles. The average molecular weight is 295 g/mol. The van der Waals surface area contributed by atoms with Crippen molar-refractivity contribution in [3.8, 4) is 0 Å². The molecular weight excluding hydrogens is 274 g/mol. The van der Waals surface area contributed by atoms with Gasteiger partial charge in [-0.05, 0) is 44.1 Å². The summed E-state index contributed by atoms with van der Waals surface area (Å²) >= 11 is 0. The number of allylic oxidation sites excluding steroid dienone is 2. The zero-order valence-electron chi connectivity index (χ0n) is 13.2. The highest BCUT2D eigenvalue weighted by Crippen LogP contribution is 2.23. The molecule has 5 N–H and O–H groups in total. The summed E-state index contributed by atoms with van der Waals surface area (Å²) in [5.41, 5.74) is 20.1. The first kappa shape index (κ1) is 15.7. The normalized spacial score (nSPS) is 19.1. The van der Waals surface area contributed by atoms with Crippen molar-refractivity contribution in [2.75, 3.05) is 5.32 Å². The largest absolute Gasteiger partial charge is 0.398 e. The van der Waals surface area contributed by atoms with Crippen LogP contribution in [0.5, 0.6) is 0 Å². The van der Waals surface area contributed by atoms with Gasteiger partial charge in [0.25, 0.3) is 5.91 Å². The van der Waals surface area contributed by atoms with Crippen LogP contribution in [0, 0.1) is 20.8 Å². The highest BCUT2D eigenvalue weighted by atomic mass is 16.1. The van der Waals surface area contributed by atoms with E-state index in [4.69, 9.17) is 11.5 Å². The van der Waals surface area contributed by atoms with Gasteiger partial charge in [-0.3, -0.25) is 4.79 Å². The summed E-state index contributed by atoms with van der Waals surface area (Å²) in [6.07, 6.45) is 5.47. The van der Waals surface area contributed by atoms with Crippen LogP contribution in [0.4, 0.5) is 5.69 Å². The van der Waals surface area contributed by atoms with Crippen molar-refractivity contribution in [2.24, 2.45) is 11.5 Å². The van der Waals surface area contributed by atoms with Crippen molar-refractivity contribution in [3.63, 3.8) is 0 Å². The Hall–Kier alpha value is -2.71. The zero-order chi connectivity index (χ0) is 16.3. The molecule has 0 bridgehead atoms. The van der Waals surface area contributed by atoms with Crippen molar-refractivity contribution >= 4 is 11.6 Å². The smallest absolute Gasteiger partial charge is 0.257 e. The van der Waals surface area contributed by atoms with Gasteiger partial charge in [-0.25, -0.2) is 0 Å². The lowest BCUT2D eigenvalue weighted by Crippen LogP contribution is -2.20. The number of hydrogen-bond donors (Lipinski definition) is 3. The number of anilines is 1. The number of nitrogens with two attached hydrogens (primary N) is 2. The molecule has 4 heteroatoms. The molecule has 0 atom stereocenters. The van der Waals surface area contributed by atoms with Gasteiger partial charge < -0.3 is 16.8 Å². The summed E-state index contributed by atoms with van der Waals surface area (Å²) in [5.74, 6) is -0.234. The van der Waals surface area contributed by atoms with Crippen molar-refractivity contribution in [3.05, 3.63) is 69.7 Å². The Morgan fingerprint density at radius 2 is 1.82 bits per heavy atom. The fraction of sp³-hybridized carbons (Fsp3) is 0.222. The number of nitrogens with one attached hydrogen (secondary N) is 1. The van der Waals surface area contributed by atoms with E-state index in [2.05, 4.69) is 11.0 Å². The predicted octanol–water partition coefficient (Wildman–Crippen LogP) is 2.72. The number of hydrogen-bond acceptors (Lipinski definition) is 3. The van der Waals surface area contributed by atoms with E-state index in [1.165, 1.54) is 5.56 Å². The second kappa shape index (κ2) is 6.37. The van der Waals surface area contributed by atoms with Gasteiger partial charge >= 0.3 is 0 Å². The molecule has 0 heterocycles. The quantitative estimate of drug-likeness (QED) is 0.734. The number of carbonyl (C=O) groups excluding carboxylic acids is 1. The van der Waals surface area contributed by atoms with Crippen LogP contribution in [0.2, 0.25) is 0 Å². The Balaban J connectivity index is 2.33. The average Bonchev–Trinajstić information content (AvgIpc) is 2.43. The minimum atomic E-state index is -0.234. The van der Waals surface area contributed by atoms with Crippen molar-refractivity contribution in [1.29, 1.82) is 0 Å². The van der Waals surface area contributed by atoms with Gasteiger partial charge in [-0.2, -0.15) is 0 Å². The van der Waals surface area contributed by atoms with Crippen LogP contribution in [-0.4, -0.2) is 5.91 Å². The van der Waals surface area contributed by atoms with Gasteiger partial charge in [0.05, 0.1) is 11.3 Å². The molecule has 4 nitrogen and oxygen atoms in total. The maximum atomic E-state index is 12.5. The van der Waals surface area contributed by atoms with Gasteiger partial charge in [0.2, 0.25) is 0 Å². The Labute approximate surface area is 130 Å². The number of carbonyl (C=O) groups is 1. The second-order valence-electron chi connectivity index (χ2n) is 5.51. The third kappa shape index (κ3) is 3.48. The summed E-state index contributed by atoms with van der Waals surface area (Å²) in [4.78, 5) is 12.5. The SMILES string of the molecule is Cc1cc(C)c(NC(=O)C2=C/C=C=C(N)C\C=C\2N)c(C)c1. The first-order chi connectivity index (χ1) is 10.4. The van der Waals surface area contributed by atoms with E-state index in [1.807, 2.05) is 32.9 Å². The molecule has 1 aromatic carbocycles. The fourth-order valence-corrected chi connectivity index (χ4v) is 2.48. The van der Waals surface area contributed by atoms with Gasteiger partial charge in [0.1, 0.15) is 0 Å². The van der Waals surface area contributed by atoms with E-state index in [1.54, 1.807) is 18.2 Å². The van der Waals surface area contributed by atoms with E-state index in [-0.39, 0.29) is 5.91 Å². The lowest BCUT2D eigenvalue weighted by molar-refractivity contribution is -0.112. The first-order valence-electron chi connectivity index (χ1n) is 7.15. The maximum absolute atomic E-state index is 12.5. The molecule has 114 valence electrons. The molecular formula is C18H21N3O. The highest BCUT2D eigenvalue weighted by molar-refractivity contribution is 6.07. The predicted molar refractivity (Wildman–Crippen MR) is 90.0 cm³/mol. The van der Waals surface area contributed by atoms with E-state index in [0.29, 0.717) is 23.4 Å². The van der Waals surface area contributed by atoms with Gasteiger partial charge in [-0.15, -0.1) is 0 Å². The first-order valence-corrected chi connectivity index (χ1v) is 7.15. The number of amides is 1. The van der Waals surface area contributed by atoms with Crippen LogP contribution in [-0.2, 0) is 4.79 Å². The van der Waals surface area contributed by atoms with E-state index >= 15 is 0 Å². The van der Waals surface area contributed by atoms with Gasteiger partial charge in [0.15, 0.2) is 0 Å². The van der Waals surface area contributed by atoms with Crippen LogP contribution in [0.3, 0.4) is 0 Å². The van der Waals surface area contributed by atoms with Crippen molar-refractivity contribution in [2.45, 2.75) is 27.2 Å². The highest BCUT2D eigenvalue weighted by Gasteiger charge is 2.15. The van der Waals surface area contributed by atoms with Crippen LogP contribution in [0.25, 0.3) is 0 Å². The fourth-order valence-electron chi connectivity index (χ4n) is 2.48. The van der Waals surface area contributed by atoms with Crippen LogP contribution >= 0.6 is 0 Å². The Bertz CT molecular complexity index is 725. The molecule has 1 amide bonds. The van der Waals surface area contributed by atoms with Crippen LogP contribution in [0.1, 0.15) is 23.1 Å². The van der Waals surface area contributed by atoms with Crippen molar-refractivity contribution < 1.29 is 4.79 Å². The summed E-state index contributed by atoms with van der Waals surface area (Å²) in [5, 5.41) is 2.95. The number of aryl methyl sites for hydroxylation is 3. The molecule has 0 spiro atoms. The summed E-state index contributed by atoms with van der Waals surface area (Å²) in [6, 6.07) is 4.08. The lowest BCUT2D eigenvalue weighted by Gasteiger charge is -2.15. The summed E-state index contributed by atoms with van der Waals surface area (Å²) in [6.45, 7) is 5.99. The zero-order valence-corrected chi connectivity index (χ0v) is 13.2. The molecule has 1 aliphatic carbocycles. The van der Waals surface area contributed by atoms with E-state index < -0.39 is 0 Å². The summed E-state index contributed by atoms with van der Waals surface area (Å²) < 4.78 is 0. The minimum absolute atomic E-state index is 0.234. The van der Waals surface area contributed by atoms with E-state index in [9.17, 15) is 4.79 Å². The maximum Gasteiger partial charge on any atom is 0.257 e. The molecule has 22 heavy (non-hydrogen) atoms. The lowest BCUT2D eigenvalue weighted by atomic mass is 10.0.